The van der Waals surface area contributed by atoms with Crippen molar-refractivity contribution in [3.05, 3.63) is 84.4 Å². The molecule has 4 rings (SSSR count). The summed E-state index contributed by atoms with van der Waals surface area (Å²) in [4.78, 5) is 0.221. The highest BCUT2D eigenvalue weighted by molar-refractivity contribution is 7.89. The van der Waals surface area contributed by atoms with Gasteiger partial charge >= 0.3 is 0 Å². The van der Waals surface area contributed by atoms with Crippen LogP contribution in [-0.2, 0) is 16.6 Å². The lowest BCUT2D eigenvalue weighted by Gasteiger charge is -2.26. The molecule has 33 heavy (non-hydrogen) atoms. The van der Waals surface area contributed by atoms with Crippen LogP contribution in [-0.4, -0.2) is 30.9 Å². The standard InChI is InChI=1S/C25H27N3O3S2/c29-33(30,28-16-8-3-9-17-28)22-14-15-24(31-21-12-6-2-7-13-21)23(18-22)27-25(32)26-19-20-10-4-1-5-11-20/h1-2,4-7,10-15,18H,3,8-9,16-17,19H2,(H2,26,27,32). The molecule has 8 heteroatoms. The van der Waals surface area contributed by atoms with Gasteiger partial charge in [-0.05, 0) is 61.0 Å². The summed E-state index contributed by atoms with van der Waals surface area (Å²) in [5.41, 5.74) is 1.58. The highest BCUT2D eigenvalue weighted by Gasteiger charge is 2.27. The van der Waals surface area contributed by atoms with E-state index >= 15 is 0 Å². The summed E-state index contributed by atoms with van der Waals surface area (Å²) in [6.07, 6.45) is 2.82. The molecule has 0 unspecified atom stereocenters. The van der Waals surface area contributed by atoms with Gasteiger partial charge in [0.2, 0.25) is 10.0 Å². The van der Waals surface area contributed by atoms with Crippen molar-refractivity contribution in [2.45, 2.75) is 30.7 Å². The van der Waals surface area contributed by atoms with E-state index in [1.165, 1.54) is 0 Å². The maximum absolute atomic E-state index is 13.2. The van der Waals surface area contributed by atoms with Crippen molar-refractivity contribution in [1.29, 1.82) is 0 Å². The molecule has 0 aromatic heterocycles. The molecule has 0 bridgehead atoms. The SMILES string of the molecule is O=S(=O)(c1ccc(Oc2ccccc2)c(NC(=S)NCc2ccccc2)c1)N1CCCCC1. The molecule has 1 heterocycles. The maximum atomic E-state index is 13.2. The van der Waals surface area contributed by atoms with Gasteiger partial charge in [0.15, 0.2) is 10.9 Å². The Kier molecular flexibility index (Phi) is 7.59. The lowest BCUT2D eigenvalue weighted by atomic mass is 10.2. The number of para-hydroxylation sites is 1. The molecular formula is C25H27N3O3S2. The van der Waals surface area contributed by atoms with Crippen LogP contribution >= 0.6 is 12.2 Å². The average Bonchev–Trinajstić information content (AvgIpc) is 2.85. The Balaban J connectivity index is 1.58. The number of hydrogen-bond acceptors (Lipinski definition) is 4. The molecule has 3 aromatic rings. The summed E-state index contributed by atoms with van der Waals surface area (Å²) >= 11 is 5.48. The van der Waals surface area contributed by atoms with Crippen LogP contribution in [0.15, 0.2) is 83.8 Å². The number of benzene rings is 3. The van der Waals surface area contributed by atoms with E-state index < -0.39 is 10.0 Å². The topological polar surface area (TPSA) is 70.7 Å². The zero-order chi connectivity index (χ0) is 23.1. The van der Waals surface area contributed by atoms with Gasteiger partial charge in [-0.2, -0.15) is 4.31 Å². The zero-order valence-corrected chi connectivity index (χ0v) is 19.9. The van der Waals surface area contributed by atoms with Crippen molar-refractivity contribution >= 4 is 33.0 Å². The van der Waals surface area contributed by atoms with Gasteiger partial charge in [-0.3, -0.25) is 0 Å². The number of rotatable bonds is 7. The number of nitrogens with zero attached hydrogens (tertiary/aromatic N) is 1. The third kappa shape index (κ3) is 6.10. The maximum Gasteiger partial charge on any atom is 0.243 e. The molecule has 0 aliphatic carbocycles. The number of sulfonamides is 1. The van der Waals surface area contributed by atoms with Crippen LogP contribution in [0.25, 0.3) is 0 Å². The van der Waals surface area contributed by atoms with Gasteiger partial charge < -0.3 is 15.4 Å². The highest BCUT2D eigenvalue weighted by Crippen LogP contribution is 2.33. The molecule has 0 amide bonds. The van der Waals surface area contributed by atoms with Gasteiger partial charge in [-0.25, -0.2) is 8.42 Å². The molecular weight excluding hydrogens is 454 g/mol. The van der Waals surface area contributed by atoms with Crippen molar-refractivity contribution in [1.82, 2.24) is 9.62 Å². The normalized spacial score (nSPS) is 14.4. The number of piperidine rings is 1. The first-order valence-electron chi connectivity index (χ1n) is 11.0. The molecule has 172 valence electrons. The molecule has 0 saturated carbocycles. The summed E-state index contributed by atoms with van der Waals surface area (Å²) in [5.74, 6) is 1.14. The smallest absolute Gasteiger partial charge is 0.243 e. The first-order valence-corrected chi connectivity index (χ1v) is 12.8. The molecule has 1 saturated heterocycles. The fourth-order valence-electron chi connectivity index (χ4n) is 3.67. The zero-order valence-electron chi connectivity index (χ0n) is 18.2. The van der Waals surface area contributed by atoms with Gasteiger partial charge in [-0.15, -0.1) is 0 Å². The van der Waals surface area contributed by atoms with Gasteiger partial charge in [0.1, 0.15) is 5.75 Å². The Morgan fingerprint density at radius 2 is 1.58 bits per heavy atom. The van der Waals surface area contributed by atoms with Crippen LogP contribution in [0.2, 0.25) is 0 Å². The second-order valence-electron chi connectivity index (χ2n) is 7.83. The first kappa shape index (κ1) is 23.2. The van der Waals surface area contributed by atoms with E-state index in [1.54, 1.807) is 22.5 Å². The fraction of sp³-hybridized carbons (Fsp3) is 0.240. The highest BCUT2D eigenvalue weighted by atomic mass is 32.2. The van der Waals surface area contributed by atoms with E-state index in [-0.39, 0.29) is 4.90 Å². The number of anilines is 1. The predicted molar refractivity (Wildman–Crippen MR) is 135 cm³/mol. The van der Waals surface area contributed by atoms with E-state index in [1.807, 2.05) is 60.7 Å². The second-order valence-corrected chi connectivity index (χ2v) is 10.2. The minimum absolute atomic E-state index is 0.221. The van der Waals surface area contributed by atoms with E-state index in [9.17, 15) is 8.42 Å². The molecule has 1 aliphatic heterocycles. The van der Waals surface area contributed by atoms with Crippen LogP contribution in [0.5, 0.6) is 11.5 Å². The average molecular weight is 482 g/mol. The van der Waals surface area contributed by atoms with Crippen molar-refractivity contribution in [3.63, 3.8) is 0 Å². The summed E-state index contributed by atoms with van der Waals surface area (Å²) in [5, 5.41) is 6.67. The van der Waals surface area contributed by atoms with E-state index in [0.717, 1.165) is 24.8 Å². The van der Waals surface area contributed by atoms with E-state index in [4.69, 9.17) is 17.0 Å². The molecule has 1 fully saturated rings. The summed E-state index contributed by atoms with van der Waals surface area (Å²) in [7, 11) is -3.59. The summed E-state index contributed by atoms with van der Waals surface area (Å²) < 4.78 is 34.0. The van der Waals surface area contributed by atoms with Crippen molar-refractivity contribution in [2.75, 3.05) is 18.4 Å². The van der Waals surface area contributed by atoms with Crippen LogP contribution in [0.4, 0.5) is 5.69 Å². The molecule has 2 N–H and O–H groups in total. The van der Waals surface area contributed by atoms with Gasteiger partial charge in [0, 0.05) is 19.6 Å². The Bertz CT molecular complexity index is 1180. The number of thiocarbonyl (C=S) groups is 1. The van der Waals surface area contributed by atoms with Crippen LogP contribution in [0.3, 0.4) is 0 Å². The first-order chi connectivity index (χ1) is 16.0. The Labute approximate surface area is 200 Å². The lowest BCUT2D eigenvalue weighted by molar-refractivity contribution is 0.346. The Morgan fingerprint density at radius 3 is 2.27 bits per heavy atom. The third-order valence-electron chi connectivity index (χ3n) is 5.42. The Morgan fingerprint density at radius 1 is 0.909 bits per heavy atom. The fourth-order valence-corrected chi connectivity index (χ4v) is 5.40. The molecule has 0 spiro atoms. The van der Waals surface area contributed by atoms with Crippen LogP contribution in [0, 0.1) is 0 Å². The van der Waals surface area contributed by atoms with Crippen molar-refractivity contribution in [3.8, 4) is 11.5 Å². The third-order valence-corrected chi connectivity index (χ3v) is 7.56. The predicted octanol–water partition coefficient (Wildman–Crippen LogP) is 5.14. The number of nitrogens with one attached hydrogen (secondary N) is 2. The molecule has 0 radical (unpaired) electrons. The van der Waals surface area contributed by atoms with Crippen LogP contribution in [0.1, 0.15) is 24.8 Å². The van der Waals surface area contributed by atoms with Gasteiger partial charge in [-0.1, -0.05) is 55.0 Å². The van der Waals surface area contributed by atoms with Gasteiger partial charge in [0.05, 0.1) is 10.6 Å². The molecule has 6 nitrogen and oxygen atoms in total. The number of hydrogen-bond donors (Lipinski definition) is 2. The lowest BCUT2D eigenvalue weighted by Crippen LogP contribution is -2.35. The number of ether oxygens (including phenoxy) is 1. The summed E-state index contributed by atoms with van der Waals surface area (Å²) in [6.45, 7) is 1.64. The van der Waals surface area contributed by atoms with Crippen molar-refractivity contribution in [2.24, 2.45) is 0 Å². The second kappa shape index (κ2) is 10.8. The molecule has 1 aliphatic rings. The largest absolute Gasteiger partial charge is 0.455 e. The van der Waals surface area contributed by atoms with E-state index in [0.29, 0.717) is 41.9 Å². The Hall–Kier alpha value is -2.94. The minimum Gasteiger partial charge on any atom is -0.455 e. The van der Waals surface area contributed by atoms with Crippen LogP contribution < -0.4 is 15.4 Å². The molecule has 3 aromatic carbocycles. The quantitative estimate of drug-likeness (QED) is 0.456. The van der Waals surface area contributed by atoms with Crippen molar-refractivity contribution < 1.29 is 13.2 Å². The molecule has 0 atom stereocenters. The monoisotopic (exact) mass is 481 g/mol. The van der Waals surface area contributed by atoms with E-state index in [2.05, 4.69) is 10.6 Å². The summed E-state index contributed by atoms with van der Waals surface area (Å²) in [6, 6.07) is 24.1. The van der Waals surface area contributed by atoms with Gasteiger partial charge in [0.25, 0.3) is 0 Å². The minimum atomic E-state index is -3.59.